The molecule has 4 rings (SSSR count). The fourth-order valence-corrected chi connectivity index (χ4v) is 3.28. The van der Waals surface area contributed by atoms with Crippen molar-refractivity contribution in [2.75, 3.05) is 11.9 Å². The molecule has 3 aromatic rings. The Labute approximate surface area is 158 Å². The Balaban J connectivity index is 1.45. The number of rotatable bonds is 4. The van der Waals surface area contributed by atoms with Gasteiger partial charge in [0.2, 0.25) is 0 Å². The quantitative estimate of drug-likeness (QED) is 0.705. The van der Waals surface area contributed by atoms with Gasteiger partial charge in [-0.3, -0.25) is 0 Å². The normalized spacial score (nSPS) is 14.9. The number of halogens is 3. The molecule has 1 aliphatic heterocycles. The van der Waals surface area contributed by atoms with Crippen molar-refractivity contribution in [3.05, 3.63) is 66.6 Å². The molecule has 0 saturated carbocycles. The highest BCUT2D eigenvalue weighted by Crippen LogP contribution is 2.38. The number of hydrogen-bond donors (Lipinski definition) is 2. The first-order valence-corrected chi connectivity index (χ1v) is 8.43. The van der Waals surface area contributed by atoms with Crippen molar-refractivity contribution in [3.63, 3.8) is 0 Å². The van der Waals surface area contributed by atoms with E-state index in [1.807, 2.05) is 28.8 Å². The van der Waals surface area contributed by atoms with E-state index in [0.717, 1.165) is 22.9 Å². The van der Waals surface area contributed by atoms with Crippen LogP contribution in [0.15, 0.2) is 61.1 Å². The predicted molar refractivity (Wildman–Crippen MR) is 95.9 cm³/mol. The van der Waals surface area contributed by atoms with Gasteiger partial charge in [0.25, 0.3) is 0 Å². The molecule has 0 saturated heterocycles. The van der Waals surface area contributed by atoms with Crippen molar-refractivity contribution in [2.45, 2.75) is 12.4 Å². The SMILES string of the molecule is O=C(NCC1c2ccccc2-c2cncn21)Nc1ccccc1OC(F)(F)F. The zero-order valence-corrected chi connectivity index (χ0v) is 14.4. The number of alkyl halides is 3. The van der Waals surface area contributed by atoms with Gasteiger partial charge in [0.1, 0.15) is 0 Å². The number of carbonyl (C=O) groups is 1. The van der Waals surface area contributed by atoms with Gasteiger partial charge in [-0.2, -0.15) is 0 Å². The summed E-state index contributed by atoms with van der Waals surface area (Å²) in [6, 6.07) is 12.4. The molecule has 1 aliphatic rings. The van der Waals surface area contributed by atoms with Crippen LogP contribution in [-0.2, 0) is 0 Å². The first-order valence-electron chi connectivity index (χ1n) is 8.43. The Morgan fingerprint density at radius 3 is 2.71 bits per heavy atom. The van der Waals surface area contributed by atoms with Crippen molar-refractivity contribution in [1.82, 2.24) is 14.9 Å². The van der Waals surface area contributed by atoms with Gasteiger partial charge in [-0.05, 0) is 17.7 Å². The molecule has 2 amide bonds. The first-order chi connectivity index (χ1) is 13.4. The molecule has 2 N–H and O–H groups in total. The lowest BCUT2D eigenvalue weighted by molar-refractivity contribution is -0.274. The number of carbonyl (C=O) groups excluding carboxylic acids is 1. The second-order valence-corrected chi connectivity index (χ2v) is 6.17. The minimum atomic E-state index is -4.85. The Hall–Kier alpha value is -3.49. The zero-order chi connectivity index (χ0) is 19.7. The van der Waals surface area contributed by atoms with E-state index in [1.54, 1.807) is 12.5 Å². The average molecular weight is 388 g/mol. The molecule has 1 aromatic heterocycles. The summed E-state index contributed by atoms with van der Waals surface area (Å²) >= 11 is 0. The van der Waals surface area contributed by atoms with Gasteiger partial charge in [0.05, 0.1) is 29.9 Å². The zero-order valence-electron chi connectivity index (χ0n) is 14.4. The Kier molecular flexibility index (Phi) is 4.42. The number of amides is 2. The molecule has 1 atom stereocenters. The summed E-state index contributed by atoms with van der Waals surface area (Å²) in [7, 11) is 0. The maximum Gasteiger partial charge on any atom is 0.573 e. The third-order valence-electron chi connectivity index (χ3n) is 4.41. The minimum absolute atomic E-state index is 0.0764. The predicted octanol–water partition coefficient (Wildman–Crippen LogP) is 4.17. The van der Waals surface area contributed by atoms with Crippen LogP contribution in [0.5, 0.6) is 5.75 Å². The fraction of sp³-hybridized carbons (Fsp3) is 0.158. The Morgan fingerprint density at radius 1 is 1.14 bits per heavy atom. The molecule has 1 unspecified atom stereocenters. The highest BCUT2D eigenvalue weighted by molar-refractivity contribution is 5.91. The summed E-state index contributed by atoms with van der Waals surface area (Å²) in [6.45, 7) is 0.245. The highest BCUT2D eigenvalue weighted by atomic mass is 19.4. The summed E-state index contributed by atoms with van der Waals surface area (Å²) in [4.78, 5) is 16.4. The van der Waals surface area contributed by atoms with Gasteiger partial charge in [0, 0.05) is 12.1 Å². The van der Waals surface area contributed by atoms with Crippen LogP contribution >= 0.6 is 0 Å². The first kappa shape index (κ1) is 17.9. The number of anilines is 1. The summed E-state index contributed by atoms with van der Waals surface area (Å²) < 4.78 is 43.4. The van der Waals surface area contributed by atoms with Gasteiger partial charge in [-0.25, -0.2) is 9.78 Å². The lowest BCUT2D eigenvalue weighted by atomic mass is 10.0. The molecular weight excluding hydrogens is 373 g/mol. The van der Waals surface area contributed by atoms with E-state index in [9.17, 15) is 18.0 Å². The summed E-state index contributed by atoms with van der Waals surface area (Å²) in [5.74, 6) is -0.478. The van der Waals surface area contributed by atoms with Crippen LogP contribution in [0.25, 0.3) is 11.3 Å². The van der Waals surface area contributed by atoms with Crippen molar-refractivity contribution in [1.29, 1.82) is 0 Å². The number of urea groups is 1. The van der Waals surface area contributed by atoms with E-state index in [1.165, 1.54) is 18.2 Å². The molecule has 28 heavy (non-hydrogen) atoms. The largest absolute Gasteiger partial charge is 0.573 e. The van der Waals surface area contributed by atoms with Crippen LogP contribution in [-0.4, -0.2) is 28.5 Å². The Bertz CT molecular complexity index is 1020. The Morgan fingerprint density at radius 2 is 1.89 bits per heavy atom. The van der Waals surface area contributed by atoms with Crippen molar-refractivity contribution < 1.29 is 22.7 Å². The number of para-hydroxylation sites is 2. The number of hydrogen-bond acceptors (Lipinski definition) is 3. The number of benzene rings is 2. The fourth-order valence-electron chi connectivity index (χ4n) is 3.28. The average Bonchev–Trinajstić information content (AvgIpc) is 3.22. The number of ether oxygens (including phenoxy) is 1. The van der Waals surface area contributed by atoms with E-state index in [-0.39, 0.29) is 18.3 Å². The number of nitrogens with zero attached hydrogens (tertiary/aromatic N) is 2. The third kappa shape index (κ3) is 3.51. The smallest absolute Gasteiger partial charge is 0.404 e. The van der Waals surface area contributed by atoms with Gasteiger partial charge < -0.3 is 19.9 Å². The molecule has 0 aliphatic carbocycles. The molecular formula is C19H15F3N4O2. The van der Waals surface area contributed by atoms with Crippen molar-refractivity contribution in [3.8, 4) is 17.0 Å². The minimum Gasteiger partial charge on any atom is -0.404 e. The van der Waals surface area contributed by atoms with Gasteiger partial charge in [0.15, 0.2) is 5.75 Å². The van der Waals surface area contributed by atoms with E-state index in [4.69, 9.17) is 0 Å². The van der Waals surface area contributed by atoms with Crippen LogP contribution in [0.1, 0.15) is 11.6 Å². The lowest BCUT2D eigenvalue weighted by Gasteiger charge is -2.17. The second-order valence-electron chi connectivity index (χ2n) is 6.17. The number of nitrogens with one attached hydrogen (secondary N) is 2. The molecule has 0 fully saturated rings. The van der Waals surface area contributed by atoms with Gasteiger partial charge in [-0.1, -0.05) is 36.4 Å². The van der Waals surface area contributed by atoms with Gasteiger partial charge >= 0.3 is 12.4 Å². The molecule has 0 bridgehead atoms. The topological polar surface area (TPSA) is 68.2 Å². The number of fused-ring (bicyclic) bond motifs is 3. The van der Waals surface area contributed by atoms with E-state index in [0.29, 0.717) is 0 Å². The van der Waals surface area contributed by atoms with Crippen LogP contribution < -0.4 is 15.4 Å². The second kappa shape index (κ2) is 6.91. The van der Waals surface area contributed by atoms with Crippen LogP contribution in [0.4, 0.5) is 23.7 Å². The summed E-state index contributed by atoms with van der Waals surface area (Å²) in [6.07, 6.45) is -1.41. The molecule has 6 nitrogen and oxygen atoms in total. The molecule has 2 aromatic carbocycles. The van der Waals surface area contributed by atoms with Crippen LogP contribution in [0.2, 0.25) is 0 Å². The number of imidazole rings is 1. The highest BCUT2D eigenvalue weighted by Gasteiger charge is 2.32. The number of aromatic nitrogens is 2. The maximum absolute atomic E-state index is 12.5. The van der Waals surface area contributed by atoms with Crippen molar-refractivity contribution >= 4 is 11.7 Å². The van der Waals surface area contributed by atoms with Crippen LogP contribution in [0, 0.1) is 0 Å². The third-order valence-corrected chi connectivity index (χ3v) is 4.41. The maximum atomic E-state index is 12.5. The molecule has 9 heteroatoms. The standard InChI is InChI=1S/C19H15F3N4O2/c20-19(21,22)28-17-8-4-3-7-14(17)25-18(27)24-10-16-13-6-2-1-5-12(13)15-9-23-11-26(15)16/h1-9,11,16H,10H2,(H2,24,25,27). The van der Waals surface area contributed by atoms with Gasteiger partial charge in [-0.15, -0.1) is 13.2 Å². The molecule has 2 heterocycles. The van der Waals surface area contributed by atoms with Crippen LogP contribution in [0.3, 0.4) is 0 Å². The summed E-state index contributed by atoms with van der Waals surface area (Å²) in [5, 5.41) is 5.10. The summed E-state index contributed by atoms with van der Waals surface area (Å²) in [5.41, 5.74) is 2.95. The molecule has 0 radical (unpaired) electrons. The van der Waals surface area contributed by atoms with E-state index >= 15 is 0 Å². The monoisotopic (exact) mass is 388 g/mol. The van der Waals surface area contributed by atoms with E-state index < -0.39 is 18.1 Å². The lowest BCUT2D eigenvalue weighted by Crippen LogP contribution is -2.33. The van der Waals surface area contributed by atoms with Crippen molar-refractivity contribution in [2.24, 2.45) is 0 Å². The molecule has 144 valence electrons. The van der Waals surface area contributed by atoms with E-state index in [2.05, 4.69) is 20.4 Å². The molecule has 0 spiro atoms.